The molecule has 168 valence electrons. The van der Waals surface area contributed by atoms with E-state index >= 15 is 0 Å². The van der Waals surface area contributed by atoms with Gasteiger partial charge in [-0.05, 0) is 49.2 Å². The van der Waals surface area contributed by atoms with Gasteiger partial charge in [-0.3, -0.25) is 4.79 Å². The predicted molar refractivity (Wildman–Crippen MR) is 120 cm³/mol. The van der Waals surface area contributed by atoms with Crippen molar-refractivity contribution in [2.45, 2.75) is 23.0 Å². The summed E-state index contributed by atoms with van der Waals surface area (Å²) >= 11 is 1.11. The number of rotatable bonds is 8. The molecule has 1 aromatic heterocycles. The molecule has 9 nitrogen and oxygen atoms in total. The van der Waals surface area contributed by atoms with E-state index in [4.69, 9.17) is 9.15 Å². The van der Waals surface area contributed by atoms with Crippen molar-refractivity contribution in [1.29, 1.82) is 0 Å². The molecule has 0 unspecified atom stereocenters. The molecule has 1 saturated heterocycles. The van der Waals surface area contributed by atoms with Gasteiger partial charge in [0.1, 0.15) is 5.75 Å². The van der Waals surface area contributed by atoms with E-state index < -0.39 is 10.0 Å². The van der Waals surface area contributed by atoms with Gasteiger partial charge in [0.15, 0.2) is 0 Å². The summed E-state index contributed by atoms with van der Waals surface area (Å²) in [7, 11) is -1.91. The number of ether oxygens (including phenoxy) is 1. The molecule has 0 radical (unpaired) electrons. The van der Waals surface area contributed by atoms with Crippen LogP contribution in [0.15, 0.2) is 63.1 Å². The van der Waals surface area contributed by atoms with Crippen LogP contribution in [0, 0.1) is 0 Å². The number of sulfonamides is 1. The Morgan fingerprint density at radius 1 is 1.16 bits per heavy atom. The monoisotopic (exact) mass is 474 g/mol. The number of carbonyl (C=O) groups is 1. The van der Waals surface area contributed by atoms with E-state index in [1.807, 2.05) is 0 Å². The molecular weight excluding hydrogens is 452 g/mol. The van der Waals surface area contributed by atoms with Crippen LogP contribution in [0.1, 0.15) is 12.8 Å². The number of amides is 1. The summed E-state index contributed by atoms with van der Waals surface area (Å²) in [4.78, 5) is 12.4. The Balaban J connectivity index is 1.35. The van der Waals surface area contributed by atoms with Crippen molar-refractivity contribution >= 4 is 33.4 Å². The number of aromatic nitrogens is 2. The summed E-state index contributed by atoms with van der Waals surface area (Å²) in [6.45, 7) is 1.11. The number of thioether (sulfide) groups is 1. The van der Waals surface area contributed by atoms with Gasteiger partial charge in [0, 0.05) is 30.4 Å². The molecule has 1 fully saturated rings. The fourth-order valence-corrected chi connectivity index (χ4v) is 5.34. The number of nitrogens with one attached hydrogen (secondary N) is 1. The molecule has 2 aromatic carbocycles. The number of hydrogen-bond acceptors (Lipinski definition) is 8. The summed E-state index contributed by atoms with van der Waals surface area (Å²) in [5, 5.41) is 11.0. The number of hydrogen-bond donors (Lipinski definition) is 1. The molecule has 4 rings (SSSR count). The van der Waals surface area contributed by atoms with Crippen molar-refractivity contribution in [2.75, 3.05) is 31.3 Å². The molecule has 0 aliphatic carbocycles. The Morgan fingerprint density at radius 3 is 2.62 bits per heavy atom. The maximum atomic E-state index is 12.6. The third kappa shape index (κ3) is 5.12. The molecule has 0 bridgehead atoms. The Morgan fingerprint density at radius 2 is 1.91 bits per heavy atom. The number of carbonyl (C=O) groups excluding carboxylic acids is 1. The lowest BCUT2D eigenvalue weighted by atomic mass is 10.2. The van der Waals surface area contributed by atoms with Gasteiger partial charge in [0.25, 0.3) is 5.22 Å². The van der Waals surface area contributed by atoms with Crippen LogP contribution in [0.3, 0.4) is 0 Å². The Kier molecular flexibility index (Phi) is 6.77. The zero-order valence-corrected chi connectivity index (χ0v) is 19.0. The van der Waals surface area contributed by atoms with Gasteiger partial charge in [0.2, 0.25) is 21.8 Å². The van der Waals surface area contributed by atoms with E-state index in [-0.39, 0.29) is 27.7 Å². The lowest BCUT2D eigenvalue weighted by Gasteiger charge is -2.15. The van der Waals surface area contributed by atoms with Crippen LogP contribution in [0.4, 0.5) is 5.69 Å². The summed E-state index contributed by atoms with van der Waals surface area (Å²) in [6, 6.07) is 13.4. The second kappa shape index (κ2) is 9.72. The molecule has 0 saturated carbocycles. The van der Waals surface area contributed by atoms with Crippen LogP contribution in [0.25, 0.3) is 11.5 Å². The minimum absolute atomic E-state index is 0.0891. The van der Waals surface area contributed by atoms with Crippen molar-refractivity contribution in [3.63, 3.8) is 0 Å². The minimum atomic E-state index is -3.47. The van der Waals surface area contributed by atoms with Gasteiger partial charge < -0.3 is 14.5 Å². The number of anilines is 1. The van der Waals surface area contributed by atoms with Crippen LogP contribution in [-0.4, -0.2) is 54.8 Å². The SMILES string of the molecule is COc1cccc(NC(=O)CSc2nnc(-c3ccc(S(=O)(=O)N4CCCC4)cc3)o2)c1. The molecule has 1 amide bonds. The zero-order chi connectivity index (χ0) is 22.6. The summed E-state index contributed by atoms with van der Waals surface area (Å²) in [5.74, 6) is 0.771. The fraction of sp³-hybridized carbons (Fsp3) is 0.286. The molecule has 0 spiro atoms. The number of methoxy groups -OCH3 is 1. The van der Waals surface area contributed by atoms with Crippen molar-refractivity contribution in [3.8, 4) is 17.2 Å². The average Bonchev–Trinajstić information content (AvgIpc) is 3.51. The topological polar surface area (TPSA) is 115 Å². The highest BCUT2D eigenvalue weighted by Crippen LogP contribution is 2.26. The van der Waals surface area contributed by atoms with Crippen molar-refractivity contribution in [3.05, 3.63) is 48.5 Å². The average molecular weight is 475 g/mol. The highest BCUT2D eigenvalue weighted by atomic mass is 32.2. The first-order valence-corrected chi connectivity index (χ1v) is 12.4. The van der Waals surface area contributed by atoms with E-state index in [2.05, 4.69) is 15.5 Å². The number of nitrogens with zero attached hydrogens (tertiary/aromatic N) is 3. The third-order valence-electron chi connectivity index (χ3n) is 4.89. The van der Waals surface area contributed by atoms with Crippen LogP contribution in [0.2, 0.25) is 0 Å². The fourth-order valence-electron chi connectivity index (χ4n) is 3.26. The second-order valence-corrected chi connectivity index (χ2v) is 9.94. The molecule has 1 aliphatic rings. The van der Waals surface area contributed by atoms with Gasteiger partial charge in [-0.2, -0.15) is 4.31 Å². The summed E-state index contributed by atoms with van der Waals surface area (Å²) in [5.41, 5.74) is 1.23. The first kappa shape index (κ1) is 22.3. The second-order valence-electron chi connectivity index (χ2n) is 7.08. The molecule has 32 heavy (non-hydrogen) atoms. The first-order chi connectivity index (χ1) is 15.5. The Labute approximate surface area is 190 Å². The van der Waals surface area contributed by atoms with Gasteiger partial charge in [-0.25, -0.2) is 8.42 Å². The molecule has 11 heteroatoms. The Hall–Kier alpha value is -2.89. The maximum absolute atomic E-state index is 12.6. The molecule has 3 aromatic rings. The highest BCUT2D eigenvalue weighted by Gasteiger charge is 2.27. The molecule has 1 aliphatic heterocycles. The van der Waals surface area contributed by atoms with Gasteiger partial charge in [0.05, 0.1) is 17.8 Å². The Bertz CT molecular complexity index is 1190. The lowest BCUT2D eigenvalue weighted by molar-refractivity contribution is -0.113. The minimum Gasteiger partial charge on any atom is -0.497 e. The van der Waals surface area contributed by atoms with E-state index in [1.165, 1.54) is 4.31 Å². The third-order valence-corrected chi connectivity index (χ3v) is 7.62. The maximum Gasteiger partial charge on any atom is 0.277 e. The van der Waals surface area contributed by atoms with Crippen molar-refractivity contribution in [1.82, 2.24) is 14.5 Å². The molecule has 2 heterocycles. The molecule has 1 N–H and O–H groups in total. The normalized spacial score (nSPS) is 14.4. The van der Waals surface area contributed by atoms with Gasteiger partial charge in [-0.15, -0.1) is 10.2 Å². The molecule has 0 atom stereocenters. The largest absolute Gasteiger partial charge is 0.497 e. The van der Waals surface area contributed by atoms with Crippen molar-refractivity contribution < 1.29 is 22.4 Å². The van der Waals surface area contributed by atoms with E-state index in [0.717, 1.165) is 24.6 Å². The van der Waals surface area contributed by atoms with E-state index in [1.54, 1.807) is 55.6 Å². The highest BCUT2D eigenvalue weighted by molar-refractivity contribution is 7.99. The van der Waals surface area contributed by atoms with E-state index in [0.29, 0.717) is 30.1 Å². The summed E-state index contributed by atoms with van der Waals surface area (Å²) in [6.07, 6.45) is 1.77. The van der Waals surface area contributed by atoms with Crippen LogP contribution < -0.4 is 10.1 Å². The smallest absolute Gasteiger partial charge is 0.277 e. The number of benzene rings is 2. The summed E-state index contributed by atoms with van der Waals surface area (Å²) < 4.78 is 37.5. The quantitative estimate of drug-likeness (QED) is 0.495. The van der Waals surface area contributed by atoms with Crippen LogP contribution in [0.5, 0.6) is 5.75 Å². The van der Waals surface area contributed by atoms with E-state index in [9.17, 15) is 13.2 Å². The zero-order valence-electron chi connectivity index (χ0n) is 17.4. The van der Waals surface area contributed by atoms with Crippen LogP contribution >= 0.6 is 11.8 Å². The van der Waals surface area contributed by atoms with Gasteiger partial charge >= 0.3 is 0 Å². The lowest BCUT2D eigenvalue weighted by Crippen LogP contribution is -2.27. The molecular formula is C21H22N4O5S2. The van der Waals surface area contributed by atoms with Crippen LogP contribution in [-0.2, 0) is 14.8 Å². The van der Waals surface area contributed by atoms with Gasteiger partial charge in [-0.1, -0.05) is 17.8 Å². The first-order valence-electron chi connectivity index (χ1n) is 9.96. The van der Waals surface area contributed by atoms with Crippen molar-refractivity contribution in [2.24, 2.45) is 0 Å². The standard InChI is InChI=1S/C21H22N4O5S2/c1-29-17-6-4-5-16(13-17)22-19(26)14-31-21-24-23-20(30-21)15-7-9-18(10-8-15)32(27,28)25-11-2-3-12-25/h4-10,13H,2-3,11-12,14H2,1H3,(H,22,26). The predicted octanol–water partition coefficient (Wildman–Crippen LogP) is 3.26.